The zero-order valence-corrected chi connectivity index (χ0v) is 29.7. The van der Waals surface area contributed by atoms with Gasteiger partial charge in [-0.15, -0.1) is 0 Å². The van der Waals surface area contributed by atoms with Crippen LogP contribution in [0.3, 0.4) is 0 Å². The normalized spacial score (nSPS) is 12.7. The number of carbonyl (C=O) groups excluding carboxylic acids is 2. The summed E-state index contributed by atoms with van der Waals surface area (Å²) in [4.78, 5) is 29.9. The molecule has 4 aromatic carbocycles. The summed E-state index contributed by atoms with van der Waals surface area (Å²) in [5.74, 6) is -0.924. The average Bonchev–Trinajstić information content (AvgIpc) is 3.04. The summed E-state index contributed by atoms with van der Waals surface area (Å²) >= 11 is 16.4. The van der Waals surface area contributed by atoms with Crippen molar-refractivity contribution in [3.63, 3.8) is 0 Å². The number of rotatable bonds is 13. The molecule has 0 heterocycles. The topological polar surface area (TPSA) is 86.8 Å². The van der Waals surface area contributed by atoms with Crippen LogP contribution >= 0.6 is 39.1 Å². The fraction of sp³-hybridized carbons (Fsp3) is 0.257. The van der Waals surface area contributed by atoms with Gasteiger partial charge in [0.25, 0.3) is 10.0 Å². The summed E-state index contributed by atoms with van der Waals surface area (Å²) in [6.45, 7) is 5.14. The van der Waals surface area contributed by atoms with Gasteiger partial charge in [-0.3, -0.25) is 13.9 Å². The molecule has 7 nitrogen and oxygen atoms in total. The molecular weight excluding hydrogens is 709 g/mol. The summed E-state index contributed by atoms with van der Waals surface area (Å²) in [5.41, 5.74) is 2.54. The third-order valence-corrected chi connectivity index (χ3v) is 10.7. The smallest absolute Gasteiger partial charge is 0.264 e. The molecule has 4 aromatic rings. The van der Waals surface area contributed by atoms with Crippen molar-refractivity contribution in [1.29, 1.82) is 0 Å². The van der Waals surface area contributed by atoms with Gasteiger partial charge in [0, 0.05) is 23.5 Å². The highest BCUT2D eigenvalue weighted by Gasteiger charge is 2.35. The van der Waals surface area contributed by atoms with E-state index < -0.39 is 28.5 Å². The predicted molar refractivity (Wildman–Crippen MR) is 189 cm³/mol. The number of aryl methyl sites for hydroxylation is 1. The highest BCUT2D eigenvalue weighted by Crippen LogP contribution is 2.35. The number of hydrogen-bond acceptors (Lipinski definition) is 4. The lowest BCUT2D eigenvalue weighted by Gasteiger charge is -2.34. The van der Waals surface area contributed by atoms with Crippen LogP contribution in [-0.2, 0) is 32.6 Å². The van der Waals surface area contributed by atoms with Crippen LogP contribution in [-0.4, -0.2) is 43.8 Å². The number of hydrogen-bond donors (Lipinski definition) is 1. The van der Waals surface area contributed by atoms with E-state index in [1.807, 2.05) is 75.4 Å². The van der Waals surface area contributed by atoms with Gasteiger partial charge in [0.1, 0.15) is 12.6 Å². The van der Waals surface area contributed by atoms with Gasteiger partial charge in [-0.2, -0.15) is 0 Å². The quantitative estimate of drug-likeness (QED) is 0.151. The summed E-state index contributed by atoms with van der Waals surface area (Å²) in [5, 5.41) is 3.16. The van der Waals surface area contributed by atoms with E-state index in [1.54, 1.807) is 24.3 Å². The molecule has 0 aliphatic carbocycles. The number of nitrogens with one attached hydrogen (secondary N) is 1. The van der Waals surface area contributed by atoms with Crippen LogP contribution in [0, 0.1) is 6.92 Å². The monoisotopic (exact) mass is 743 g/mol. The lowest BCUT2D eigenvalue weighted by atomic mass is 10.0. The van der Waals surface area contributed by atoms with Gasteiger partial charge in [0.15, 0.2) is 0 Å². The highest BCUT2D eigenvalue weighted by atomic mass is 79.9. The zero-order chi connectivity index (χ0) is 33.4. The van der Waals surface area contributed by atoms with Gasteiger partial charge in [-0.05, 0) is 67.8 Å². The van der Waals surface area contributed by atoms with Crippen LogP contribution in [0.4, 0.5) is 5.69 Å². The first-order valence-corrected chi connectivity index (χ1v) is 17.8. The van der Waals surface area contributed by atoms with E-state index in [-0.39, 0.29) is 45.5 Å². The zero-order valence-electron chi connectivity index (χ0n) is 25.8. The van der Waals surface area contributed by atoms with Crippen molar-refractivity contribution in [2.24, 2.45) is 0 Å². The molecule has 2 atom stereocenters. The predicted octanol–water partition coefficient (Wildman–Crippen LogP) is 7.81. The van der Waals surface area contributed by atoms with E-state index in [4.69, 9.17) is 23.2 Å². The minimum atomic E-state index is -4.31. The molecule has 0 aliphatic rings. The second-order valence-electron chi connectivity index (χ2n) is 11.1. The molecule has 0 aromatic heterocycles. The summed E-state index contributed by atoms with van der Waals surface area (Å²) in [7, 11) is -4.31. The molecule has 0 bridgehead atoms. The van der Waals surface area contributed by atoms with E-state index >= 15 is 0 Å². The molecule has 0 saturated heterocycles. The third-order valence-electron chi connectivity index (χ3n) is 7.63. The Hall–Kier alpha value is -3.37. The maximum Gasteiger partial charge on any atom is 0.264 e. The number of nitrogens with zero attached hydrogens (tertiary/aromatic N) is 2. The van der Waals surface area contributed by atoms with Crippen molar-refractivity contribution >= 4 is 66.7 Å². The van der Waals surface area contributed by atoms with Crippen molar-refractivity contribution in [1.82, 2.24) is 10.2 Å². The van der Waals surface area contributed by atoms with Gasteiger partial charge in [-0.25, -0.2) is 8.42 Å². The Morgan fingerprint density at radius 2 is 1.52 bits per heavy atom. The van der Waals surface area contributed by atoms with Gasteiger partial charge < -0.3 is 10.2 Å². The minimum absolute atomic E-state index is 0.0116. The Morgan fingerprint density at radius 3 is 2.15 bits per heavy atom. The van der Waals surface area contributed by atoms with Crippen molar-refractivity contribution in [2.45, 2.75) is 57.1 Å². The second kappa shape index (κ2) is 16.0. The number of benzene rings is 4. The molecular formula is C35H36BrCl2N3O4S. The number of carbonyl (C=O) groups is 2. The number of sulfonamides is 1. The second-order valence-corrected chi connectivity index (χ2v) is 14.6. The summed E-state index contributed by atoms with van der Waals surface area (Å²) < 4.78 is 30.2. The number of anilines is 1. The lowest BCUT2D eigenvalue weighted by Crippen LogP contribution is -2.54. The van der Waals surface area contributed by atoms with Gasteiger partial charge in [-0.1, -0.05) is 112 Å². The Kier molecular flexibility index (Phi) is 12.3. The van der Waals surface area contributed by atoms with E-state index in [1.165, 1.54) is 23.1 Å². The molecule has 0 saturated carbocycles. The van der Waals surface area contributed by atoms with Crippen LogP contribution in [0.15, 0.2) is 106 Å². The SMILES string of the molecule is CC[C@@H](C)NC(=O)[C@@H](Cc1ccccc1)N(Cc1ccc(Br)cc1)C(=O)CN(c1cccc(Cl)c1Cl)S(=O)(=O)c1ccc(C)cc1. The van der Waals surface area contributed by atoms with Gasteiger partial charge >= 0.3 is 0 Å². The van der Waals surface area contributed by atoms with E-state index in [0.29, 0.717) is 6.42 Å². The van der Waals surface area contributed by atoms with Crippen molar-refractivity contribution < 1.29 is 18.0 Å². The third kappa shape index (κ3) is 8.91. The molecule has 4 rings (SSSR count). The molecule has 0 radical (unpaired) electrons. The highest BCUT2D eigenvalue weighted by molar-refractivity contribution is 9.10. The van der Waals surface area contributed by atoms with Crippen LogP contribution < -0.4 is 9.62 Å². The average molecular weight is 746 g/mol. The van der Waals surface area contributed by atoms with E-state index in [2.05, 4.69) is 21.2 Å². The summed E-state index contributed by atoms with van der Waals surface area (Å²) in [6, 6.07) is 26.7. The maximum atomic E-state index is 14.6. The Bertz CT molecular complexity index is 1760. The first-order chi connectivity index (χ1) is 21.9. The Balaban J connectivity index is 1.83. The van der Waals surface area contributed by atoms with Crippen LogP contribution in [0.2, 0.25) is 10.0 Å². The van der Waals surface area contributed by atoms with Gasteiger partial charge in [0.2, 0.25) is 11.8 Å². The Labute approximate surface area is 289 Å². The molecule has 46 heavy (non-hydrogen) atoms. The number of amides is 2. The Morgan fingerprint density at radius 1 is 0.870 bits per heavy atom. The number of halogens is 3. The standard InChI is InChI=1S/C35H36BrCl2N3O4S/c1-4-25(3)39-35(43)32(21-26-9-6-5-7-10-26)40(22-27-15-17-28(36)18-16-27)33(42)23-41(31-12-8-11-30(37)34(31)38)46(44,45)29-19-13-24(2)14-20-29/h5-20,25,32H,4,21-23H2,1-3H3,(H,39,43)/t25-,32-/m1/s1. The fourth-order valence-electron chi connectivity index (χ4n) is 4.82. The molecule has 1 N–H and O–H groups in total. The first kappa shape index (κ1) is 35.5. The van der Waals surface area contributed by atoms with Gasteiger partial charge in [0.05, 0.1) is 20.6 Å². The van der Waals surface area contributed by atoms with Crippen LogP contribution in [0.1, 0.15) is 37.0 Å². The maximum absolute atomic E-state index is 14.6. The van der Waals surface area contributed by atoms with Crippen molar-refractivity contribution in [3.05, 3.63) is 128 Å². The van der Waals surface area contributed by atoms with Crippen LogP contribution in [0.25, 0.3) is 0 Å². The molecule has 242 valence electrons. The fourth-order valence-corrected chi connectivity index (χ4v) is 6.96. The first-order valence-electron chi connectivity index (χ1n) is 14.8. The van der Waals surface area contributed by atoms with E-state index in [9.17, 15) is 18.0 Å². The van der Waals surface area contributed by atoms with E-state index in [0.717, 1.165) is 25.5 Å². The molecule has 0 aliphatic heterocycles. The lowest BCUT2D eigenvalue weighted by molar-refractivity contribution is -0.140. The molecule has 0 fully saturated rings. The molecule has 2 amide bonds. The van der Waals surface area contributed by atoms with Crippen molar-refractivity contribution in [3.8, 4) is 0 Å². The summed E-state index contributed by atoms with van der Waals surface area (Å²) in [6.07, 6.45) is 0.911. The largest absolute Gasteiger partial charge is 0.352 e. The molecule has 0 unspecified atom stereocenters. The minimum Gasteiger partial charge on any atom is -0.352 e. The van der Waals surface area contributed by atoms with Crippen molar-refractivity contribution in [2.75, 3.05) is 10.8 Å². The van der Waals surface area contributed by atoms with Crippen LogP contribution in [0.5, 0.6) is 0 Å². The molecule has 11 heteroatoms. The molecule has 0 spiro atoms.